The topological polar surface area (TPSA) is 17.3 Å². The molecule has 0 aliphatic carbocycles. The maximum Gasteiger partial charge on any atom is 0.0649 e. The molecule has 0 bridgehead atoms. The Balaban J connectivity index is 0.000000396. The average Bonchev–Trinajstić information content (AvgIpc) is 2.48. The Hall–Kier alpha value is -1.31. The van der Waals surface area contributed by atoms with Crippen molar-refractivity contribution < 1.29 is 0 Å². The molecule has 0 unspecified atom stereocenters. The number of rotatable bonds is 0. The van der Waals surface area contributed by atoms with Crippen LogP contribution in [0.5, 0.6) is 0 Å². The normalized spacial score (nSPS) is 9.54. The first-order chi connectivity index (χ1) is 6.25. The molecule has 0 saturated carbocycles. The van der Waals surface area contributed by atoms with Gasteiger partial charge in [-0.2, -0.15) is 5.10 Å². The van der Waals surface area contributed by atoms with Gasteiger partial charge in [0, 0.05) is 6.20 Å². The molecule has 0 N–H and O–H groups in total. The van der Waals surface area contributed by atoms with Crippen LogP contribution in [-0.2, 0) is 0 Å². The molecule has 70 valence electrons. The fraction of sp³-hybridized carbons (Fsp3) is 0.364. The highest BCUT2D eigenvalue weighted by Gasteiger charge is 1.94. The van der Waals surface area contributed by atoms with Gasteiger partial charge in [-0.1, -0.05) is 13.8 Å². The van der Waals surface area contributed by atoms with Crippen LogP contribution in [0.15, 0.2) is 24.4 Å². The summed E-state index contributed by atoms with van der Waals surface area (Å²) in [6.07, 6.45) is 2.03. The third-order valence-corrected chi connectivity index (χ3v) is 1.73. The predicted octanol–water partition coefficient (Wildman–Crippen LogP) is 2.98. The van der Waals surface area contributed by atoms with Crippen molar-refractivity contribution in [3.63, 3.8) is 0 Å². The van der Waals surface area contributed by atoms with E-state index in [-0.39, 0.29) is 0 Å². The fourth-order valence-corrected chi connectivity index (χ4v) is 1.22. The van der Waals surface area contributed by atoms with E-state index in [1.54, 1.807) is 0 Å². The van der Waals surface area contributed by atoms with Crippen LogP contribution >= 0.6 is 0 Å². The molecule has 0 aliphatic rings. The van der Waals surface area contributed by atoms with Crippen LogP contribution in [0, 0.1) is 13.8 Å². The summed E-state index contributed by atoms with van der Waals surface area (Å²) in [5.41, 5.74) is 3.46. The lowest BCUT2D eigenvalue weighted by Gasteiger charge is -1.93. The maximum absolute atomic E-state index is 4.31. The van der Waals surface area contributed by atoms with Crippen molar-refractivity contribution in [2.45, 2.75) is 27.7 Å². The lowest BCUT2D eigenvalue weighted by atomic mass is 10.3. The molecule has 2 nitrogen and oxygen atoms in total. The summed E-state index contributed by atoms with van der Waals surface area (Å²) in [7, 11) is 0. The van der Waals surface area contributed by atoms with Gasteiger partial charge in [0.05, 0.1) is 11.2 Å². The van der Waals surface area contributed by atoms with E-state index in [1.165, 1.54) is 5.56 Å². The van der Waals surface area contributed by atoms with Crippen molar-refractivity contribution in [1.29, 1.82) is 0 Å². The summed E-state index contributed by atoms with van der Waals surface area (Å²) in [5.74, 6) is 0. The molecular weight excluding hydrogens is 160 g/mol. The summed E-state index contributed by atoms with van der Waals surface area (Å²) >= 11 is 0. The highest BCUT2D eigenvalue weighted by atomic mass is 15.2. The molecule has 0 fully saturated rings. The van der Waals surface area contributed by atoms with E-state index in [2.05, 4.69) is 24.2 Å². The number of fused-ring (bicyclic) bond motifs is 1. The van der Waals surface area contributed by atoms with Crippen LogP contribution in [0.3, 0.4) is 0 Å². The smallest absolute Gasteiger partial charge is 0.0649 e. The Morgan fingerprint density at radius 2 is 1.85 bits per heavy atom. The van der Waals surface area contributed by atoms with Crippen molar-refractivity contribution in [2.24, 2.45) is 0 Å². The highest BCUT2D eigenvalue weighted by Crippen LogP contribution is 2.07. The van der Waals surface area contributed by atoms with Gasteiger partial charge in [0.15, 0.2) is 0 Å². The lowest BCUT2D eigenvalue weighted by Crippen LogP contribution is -1.90. The van der Waals surface area contributed by atoms with Gasteiger partial charge in [-0.15, -0.1) is 0 Å². The van der Waals surface area contributed by atoms with Crippen LogP contribution in [0.25, 0.3) is 5.52 Å². The Morgan fingerprint density at radius 1 is 1.15 bits per heavy atom. The summed E-state index contributed by atoms with van der Waals surface area (Å²) in [4.78, 5) is 0. The number of hydrogen-bond donors (Lipinski definition) is 0. The Kier molecular flexibility index (Phi) is 3.07. The van der Waals surface area contributed by atoms with Gasteiger partial charge < -0.3 is 0 Å². The van der Waals surface area contributed by atoms with Crippen LogP contribution in [0.1, 0.15) is 25.1 Å². The molecule has 2 heteroatoms. The van der Waals surface area contributed by atoms with E-state index in [0.717, 1.165) is 11.2 Å². The molecule has 2 heterocycles. The number of aromatic nitrogens is 2. The first-order valence-corrected chi connectivity index (χ1v) is 4.68. The number of nitrogens with zero attached hydrogens (tertiary/aromatic N) is 2. The van der Waals surface area contributed by atoms with Crippen LogP contribution in [0.4, 0.5) is 0 Å². The molecule has 0 spiro atoms. The van der Waals surface area contributed by atoms with E-state index >= 15 is 0 Å². The first-order valence-electron chi connectivity index (χ1n) is 4.68. The molecule has 0 aromatic carbocycles. The van der Waals surface area contributed by atoms with Crippen LogP contribution in [0.2, 0.25) is 0 Å². The largest absolute Gasteiger partial charge is 0.241 e. The molecular formula is C11H16N2. The standard InChI is InChI=1S/C9H10N2.C2H6/c1-7-5-9-4-3-8(2)10-11(9)6-7;1-2/h3-6H,1-2H3;1-2H3. The summed E-state index contributed by atoms with van der Waals surface area (Å²) in [6, 6.07) is 6.22. The van der Waals surface area contributed by atoms with Gasteiger partial charge in [-0.25, -0.2) is 4.52 Å². The van der Waals surface area contributed by atoms with E-state index < -0.39 is 0 Å². The van der Waals surface area contributed by atoms with Crippen molar-refractivity contribution in [1.82, 2.24) is 9.61 Å². The van der Waals surface area contributed by atoms with Gasteiger partial charge in [-0.05, 0) is 37.6 Å². The van der Waals surface area contributed by atoms with Gasteiger partial charge >= 0.3 is 0 Å². The molecule has 0 aliphatic heterocycles. The van der Waals surface area contributed by atoms with Crippen molar-refractivity contribution in [3.8, 4) is 0 Å². The monoisotopic (exact) mass is 176 g/mol. The van der Waals surface area contributed by atoms with Gasteiger partial charge in [0.1, 0.15) is 0 Å². The lowest BCUT2D eigenvalue weighted by molar-refractivity contribution is 0.903. The zero-order chi connectivity index (χ0) is 9.84. The minimum atomic E-state index is 1.05. The highest BCUT2D eigenvalue weighted by molar-refractivity contribution is 5.48. The quantitative estimate of drug-likeness (QED) is 0.603. The van der Waals surface area contributed by atoms with Crippen LogP contribution < -0.4 is 0 Å². The Morgan fingerprint density at radius 3 is 2.54 bits per heavy atom. The van der Waals surface area contributed by atoms with Crippen LogP contribution in [-0.4, -0.2) is 9.61 Å². The average molecular weight is 176 g/mol. The van der Waals surface area contributed by atoms with Gasteiger partial charge in [-0.3, -0.25) is 0 Å². The van der Waals surface area contributed by atoms with Gasteiger partial charge in [0.2, 0.25) is 0 Å². The second kappa shape index (κ2) is 4.08. The zero-order valence-corrected chi connectivity index (χ0v) is 8.70. The summed E-state index contributed by atoms with van der Waals surface area (Å²) in [6.45, 7) is 8.07. The van der Waals surface area contributed by atoms with Gasteiger partial charge in [0.25, 0.3) is 0 Å². The molecule has 0 amide bonds. The summed E-state index contributed by atoms with van der Waals surface area (Å²) < 4.78 is 1.91. The van der Waals surface area contributed by atoms with Crippen molar-refractivity contribution in [3.05, 3.63) is 35.7 Å². The second-order valence-corrected chi connectivity index (χ2v) is 2.86. The molecule has 0 saturated heterocycles. The van der Waals surface area contributed by atoms with E-state index in [1.807, 2.05) is 37.5 Å². The third kappa shape index (κ3) is 2.08. The Labute approximate surface area is 79.2 Å². The van der Waals surface area contributed by atoms with Crippen molar-refractivity contribution in [2.75, 3.05) is 0 Å². The minimum absolute atomic E-state index is 1.05. The molecule has 0 radical (unpaired) electrons. The SMILES string of the molecule is CC.Cc1cc2ccc(C)nn2c1. The predicted molar refractivity (Wildman–Crippen MR) is 56.0 cm³/mol. The zero-order valence-electron chi connectivity index (χ0n) is 8.70. The van der Waals surface area contributed by atoms with Crippen molar-refractivity contribution >= 4 is 5.52 Å². The second-order valence-electron chi connectivity index (χ2n) is 2.86. The number of hydrogen-bond acceptors (Lipinski definition) is 1. The summed E-state index contributed by atoms with van der Waals surface area (Å²) in [5, 5.41) is 4.31. The first kappa shape index (κ1) is 9.78. The minimum Gasteiger partial charge on any atom is -0.241 e. The molecule has 13 heavy (non-hydrogen) atoms. The fourth-order valence-electron chi connectivity index (χ4n) is 1.22. The maximum atomic E-state index is 4.31. The molecule has 2 aromatic heterocycles. The number of aryl methyl sites for hydroxylation is 2. The molecule has 2 aromatic rings. The van der Waals surface area contributed by atoms with E-state index in [9.17, 15) is 0 Å². The third-order valence-electron chi connectivity index (χ3n) is 1.73. The van der Waals surface area contributed by atoms with E-state index in [4.69, 9.17) is 0 Å². The molecule has 0 atom stereocenters. The molecule has 2 rings (SSSR count). The van der Waals surface area contributed by atoms with E-state index in [0.29, 0.717) is 0 Å². The Bertz CT molecular complexity index is 388.